The third-order valence-electron chi connectivity index (χ3n) is 3.75. The molecule has 0 saturated carbocycles. The number of anilines is 2. The second-order valence-electron chi connectivity index (χ2n) is 5.90. The monoisotopic (exact) mass is 405 g/mol. The molecule has 1 aromatic heterocycles. The highest BCUT2D eigenvalue weighted by atomic mass is 35.5. The third kappa shape index (κ3) is 4.72. The number of hydrogen-bond donors (Lipinski definition) is 2. The molecule has 3 rings (SSSR count). The van der Waals surface area contributed by atoms with Gasteiger partial charge in [-0.2, -0.15) is 0 Å². The van der Waals surface area contributed by atoms with E-state index >= 15 is 0 Å². The third-order valence-corrected chi connectivity index (χ3v) is 4.54. The van der Waals surface area contributed by atoms with Crippen LogP contribution in [-0.2, 0) is 6.54 Å². The Morgan fingerprint density at radius 1 is 1.12 bits per heavy atom. The van der Waals surface area contributed by atoms with Gasteiger partial charge in [-0.1, -0.05) is 41.4 Å². The van der Waals surface area contributed by atoms with Crippen LogP contribution in [0.5, 0.6) is 0 Å². The van der Waals surface area contributed by atoms with Crippen molar-refractivity contribution in [1.82, 2.24) is 14.8 Å². The van der Waals surface area contributed by atoms with Gasteiger partial charge in [0.1, 0.15) is 6.33 Å². The van der Waals surface area contributed by atoms with Crippen LogP contribution in [0.1, 0.15) is 16.7 Å². The minimum absolute atomic E-state index is 0.415. The molecule has 1 heterocycles. The van der Waals surface area contributed by atoms with Crippen molar-refractivity contribution >= 4 is 52.2 Å². The van der Waals surface area contributed by atoms with E-state index in [4.69, 9.17) is 35.4 Å². The molecule has 2 N–H and O–H groups in total. The molecule has 0 spiro atoms. The second kappa shape index (κ2) is 8.03. The molecule has 0 aliphatic carbocycles. The zero-order valence-corrected chi connectivity index (χ0v) is 16.6. The van der Waals surface area contributed by atoms with Crippen LogP contribution in [0.25, 0.3) is 0 Å². The average molecular weight is 406 g/mol. The molecule has 0 aliphatic heterocycles. The molecular weight excluding hydrogens is 389 g/mol. The maximum atomic E-state index is 6.20. The van der Waals surface area contributed by atoms with Crippen LogP contribution < -0.4 is 10.6 Å². The molecule has 0 fully saturated rings. The number of benzene rings is 2. The van der Waals surface area contributed by atoms with E-state index in [0.29, 0.717) is 27.7 Å². The summed E-state index contributed by atoms with van der Waals surface area (Å²) in [5.41, 5.74) is 4.12. The smallest absolute Gasteiger partial charge is 0.248 e. The average Bonchev–Trinajstić information content (AvgIpc) is 3.00. The number of nitrogens with one attached hydrogen (secondary N) is 2. The summed E-state index contributed by atoms with van der Waals surface area (Å²) in [5, 5.41) is 12.1. The number of nitrogens with zero attached hydrogens (tertiary/aromatic N) is 3. The Labute approximate surface area is 167 Å². The lowest BCUT2D eigenvalue weighted by Crippen LogP contribution is -2.20. The predicted molar refractivity (Wildman–Crippen MR) is 111 cm³/mol. The van der Waals surface area contributed by atoms with Gasteiger partial charge in [0.25, 0.3) is 0 Å². The Morgan fingerprint density at radius 3 is 2.69 bits per heavy atom. The molecule has 26 heavy (non-hydrogen) atoms. The lowest BCUT2D eigenvalue weighted by molar-refractivity contribution is 0.687. The van der Waals surface area contributed by atoms with Crippen LogP contribution in [0.3, 0.4) is 0 Å². The van der Waals surface area contributed by atoms with E-state index in [1.807, 2.05) is 32.0 Å². The van der Waals surface area contributed by atoms with Crippen molar-refractivity contribution < 1.29 is 0 Å². The normalized spacial score (nSPS) is 10.6. The van der Waals surface area contributed by atoms with E-state index < -0.39 is 0 Å². The zero-order valence-electron chi connectivity index (χ0n) is 14.3. The summed E-state index contributed by atoms with van der Waals surface area (Å²) in [6.45, 7) is 4.54. The molecule has 0 bridgehead atoms. The molecule has 0 saturated heterocycles. The summed E-state index contributed by atoms with van der Waals surface area (Å²) in [6, 6.07) is 11.5. The van der Waals surface area contributed by atoms with Gasteiger partial charge in [0, 0.05) is 15.7 Å². The van der Waals surface area contributed by atoms with Crippen molar-refractivity contribution in [2.24, 2.45) is 0 Å². The molecule has 3 aromatic rings. The van der Waals surface area contributed by atoms with E-state index in [1.165, 1.54) is 0 Å². The van der Waals surface area contributed by atoms with Crippen molar-refractivity contribution in [3.8, 4) is 0 Å². The van der Waals surface area contributed by atoms with Gasteiger partial charge in [-0.25, -0.2) is 9.67 Å². The maximum Gasteiger partial charge on any atom is 0.248 e. The molecule has 8 heteroatoms. The minimum Gasteiger partial charge on any atom is -0.332 e. The summed E-state index contributed by atoms with van der Waals surface area (Å²) in [5.74, 6) is 0.415. The van der Waals surface area contributed by atoms with Crippen LogP contribution in [0.4, 0.5) is 11.6 Å². The molecular formula is C18H17Cl2N5S. The van der Waals surface area contributed by atoms with Crippen LogP contribution in [0.2, 0.25) is 10.0 Å². The first-order valence-electron chi connectivity index (χ1n) is 7.89. The number of halogens is 2. The second-order valence-corrected chi connectivity index (χ2v) is 7.15. The molecule has 2 aromatic carbocycles. The first-order valence-corrected chi connectivity index (χ1v) is 9.06. The Hall–Kier alpha value is -2.15. The lowest BCUT2D eigenvalue weighted by Gasteiger charge is -2.11. The summed E-state index contributed by atoms with van der Waals surface area (Å²) in [4.78, 5) is 4.23. The Bertz CT molecular complexity index is 955. The molecule has 0 amide bonds. The van der Waals surface area contributed by atoms with Crippen LogP contribution in [0.15, 0.2) is 42.7 Å². The predicted octanol–water partition coefficient (Wildman–Crippen LogP) is 5.06. The molecule has 134 valence electrons. The fourth-order valence-corrected chi connectivity index (χ4v) is 3.05. The van der Waals surface area contributed by atoms with Crippen molar-refractivity contribution in [3.63, 3.8) is 0 Å². The van der Waals surface area contributed by atoms with Gasteiger partial charge >= 0.3 is 0 Å². The van der Waals surface area contributed by atoms with E-state index in [2.05, 4.69) is 26.8 Å². The van der Waals surface area contributed by atoms with Gasteiger partial charge in [-0.3, -0.25) is 5.32 Å². The van der Waals surface area contributed by atoms with E-state index in [1.54, 1.807) is 23.1 Å². The van der Waals surface area contributed by atoms with Crippen molar-refractivity contribution in [1.29, 1.82) is 0 Å². The van der Waals surface area contributed by atoms with Crippen LogP contribution >= 0.6 is 35.4 Å². The molecule has 0 radical (unpaired) electrons. The van der Waals surface area contributed by atoms with Gasteiger partial charge in [-0.15, -0.1) is 5.10 Å². The fraction of sp³-hybridized carbons (Fsp3) is 0.167. The van der Waals surface area contributed by atoms with Crippen molar-refractivity contribution in [2.45, 2.75) is 20.4 Å². The van der Waals surface area contributed by atoms with Gasteiger partial charge in [0.2, 0.25) is 5.95 Å². The Morgan fingerprint density at radius 2 is 1.92 bits per heavy atom. The highest BCUT2D eigenvalue weighted by molar-refractivity contribution is 7.80. The van der Waals surface area contributed by atoms with Gasteiger partial charge in [0.15, 0.2) is 5.11 Å². The standard InChI is InChI=1S/C18H17Cl2N5S/c1-11-3-4-12(2)16(7-11)22-18(26)23-17-21-10-25(24-17)9-13-5-6-14(19)8-15(13)20/h3-8,10H,9H2,1-2H3,(H2,22,23,24,26). The van der Waals surface area contributed by atoms with Crippen LogP contribution in [0, 0.1) is 13.8 Å². The topological polar surface area (TPSA) is 54.8 Å². The SMILES string of the molecule is Cc1ccc(C)c(NC(=S)Nc2ncn(Cc3ccc(Cl)cc3Cl)n2)c1. The number of rotatable bonds is 4. The summed E-state index contributed by atoms with van der Waals surface area (Å²) < 4.78 is 1.68. The van der Waals surface area contributed by atoms with Gasteiger partial charge in [-0.05, 0) is 61.0 Å². The van der Waals surface area contributed by atoms with Crippen molar-refractivity contribution in [2.75, 3.05) is 10.6 Å². The lowest BCUT2D eigenvalue weighted by atomic mass is 10.1. The van der Waals surface area contributed by atoms with E-state index in [0.717, 1.165) is 22.4 Å². The largest absolute Gasteiger partial charge is 0.332 e. The van der Waals surface area contributed by atoms with Crippen molar-refractivity contribution in [3.05, 3.63) is 69.5 Å². The van der Waals surface area contributed by atoms with Crippen LogP contribution in [-0.4, -0.2) is 19.9 Å². The highest BCUT2D eigenvalue weighted by Crippen LogP contribution is 2.21. The zero-order chi connectivity index (χ0) is 18.7. The molecule has 5 nitrogen and oxygen atoms in total. The molecule has 0 aliphatic rings. The number of thiocarbonyl (C=S) groups is 1. The Kier molecular flexibility index (Phi) is 5.76. The first kappa shape index (κ1) is 18.6. The summed E-state index contributed by atoms with van der Waals surface area (Å²) >= 11 is 17.5. The minimum atomic E-state index is 0.415. The number of hydrogen-bond acceptors (Lipinski definition) is 3. The molecule has 0 unspecified atom stereocenters. The fourth-order valence-electron chi connectivity index (χ4n) is 2.38. The summed E-state index contributed by atoms with van der Waals surface area (Å²) in [6.07, 6.45) is 1.62. The van der Waals surface area contributed by atoms with Gasteiger partial charge < -0.3 is 5.32 Å². The van der Waals surface area contributed by atoms with E-state index in [9.17, 15) is 0 Å². The maximum absolute atomic E-state index is 6.20. The number of aromatic nitrogens is 3. The molecule has 0 atom stereocenters. The number of aryl methyl sites for hydroxylation is 2. The quantitative estimate of drug-likeness (QED) is 0.594. The Balaban J connectivity index is 1.64. The van der Waals surface area contributed by atoms with Gasteiger partial charge in [0.05, 0.1) is 6.54 Å². The summed E-state index contributed by atoms with van der Waals surface area (Å²) in [7, 11) is 0. The highest BCUT2D eigenvalue weighted by Gasteiger charge is 2.08. The first-order chi connectivity index (χ1) is 12.4. The van der Waals surface area contributed by atoms with E-state index in [-0.39, 0.29) is 0 Å².